The second-order valence-electron chi connectivity index (χ2n) is 9.79. The molecule has 59 heavy (non-hydrogen) atoms. The molecule has 0 aliphatic rings. The van der Waals surface area contributed by atoms with Crippen molar-refractivity contribution in [3.63, 3.8) is 0 Å². The molecule has 0 spiro atoms. The third-order valence-electron chi connectivity index (χ3n) is 6.24. The predicted octanol–water partition coefficient (Wildman–Crippen LogP) is -8.93. The average Bonchev–Trinajstić information content (AvgIpc) is 3.05. The van der Waals surface area contributed by atoms with E-state index in [1.165, 1.54) is 30.3 Å². The molecule has 1 radical (unpaired) electrons. The first kappa shape index (κ1) is 65.4. The van der Waals surface area contributed by atoms with Crippen LogP contribution < -0.4 is 124 Å². The van der Waals surface area contributed by atoms with Crippen LogP contribution in [0.3, 0.4) is 0 Å². The van der Waals surface area contributed by atoms with E-state index in [4.69, 9.17) is 35.0 Å². The quantitative estimate of drug-likeness (QED) is 0.0324. The van der Waals surface area contributed by atoms with Crippen molar-refractivity contribution in [3.8, 4) is 11.5 Å². The second kappa shape index (κ2) is 27.2. The fraction of sp³-hybridized carbons (Fsp3) is 0.111. The summed E-state index contributed by atoms with van der Waals surface area (Å²) in [5, 5.41) is 40.3. The van der Waals surface area contributed by atoms with Crippen LogP contribution in [0.4, 0.5) is 28.4 Å². The minimum Gasteiger partial charge on any atom is -0.744 e. The van der Waals surface area contributed by atoms with Gasteiger partial charge >= 0.3 is 118 Å². The summed E-state index contributed by atoms with van der Waals surface area (Å²) in [6.45, 7) is 6.65. The first-order valence-corrected chi connectivity index (χ1v) is 21.1. The normalized spacial score (nSPS) is 11.5. The molecule has 32 heteroatoms. The van der Waals surface area contributed by atoms with Gasteiger partial charge < -0.3 is 43.0 Å². The smallest absolute Gasteiger partial charge is 0.744 e. The van der Waals surface area contributed by atoms with Gasteiger partial charge in [0.25, 0.3) is 0 Å². The molecule has 0 fully saturated rings. The molecule has 0 saturated heterocycles. The molecule has 22 nitrogen and oxygen atoms in total. The molecule has 4 aromatic carbocycles. The van der Waals surface area contributed by atoms with E-state index in [1.54, 1.807) is 7.05 Å². The van der Waals surface area contributed by atoms with Crippen molar-refractivity contribution in [2.75, 3.05) is 23.9 Å². The van der Waals surface area contributed by atoms with E-state index in [0.29, 0.717) is 11.8 Å². The standard InChI is InChI=1S/C27H24N5O9S3.Cu.4Na.2H2O4S/c1-4-42(35,36)16-6-10-20(24(33)14-16)29-31-23-13-8-18-19(27(23)34)9-12-22(28-3)26(18)32-30-21-11-7-17(43(37,38)5-2)15-25(21)44(39,40)41;;;;;;2*1-5(2,3)4/h6-12,14-15,28,33-34H,1-2,4-5H2,3H3,(H,39,40,41);;;;;;2*(H2,1,2,3,4)/q-3;;4*+1;;/p-3. The number of hydrogen-bond donors (Lipinski definition) is 5. The third kappa shape index (κ3) is 21.4. The summed E-state index contributed by atoms with van der Waals surface area (Å²) in [6, 6.07) is 13.4. The van der Waals surface area contributed by atoms with Gasteiger partial charge in [-0.25, -0.2) is 42.1 Å². The van der Waals surface area contributed by atoms with E-state index >= 15 is 0 Å². The van der Waals surface area contributed by atoms with Crippen LogP contribution in [0.1, 0.15) is 0 Å². The van der Waals surface area contributed by atoms with Crippen molar-refractivity contribution < 1.29 is 210 Å². The Balaban J connectivity index is -0.000000902. The minimum atomic E-state index is -5.17. The molecule has 0 unspecified atom stereocenters. The predicted molar refractivity (Wildman–Crippen MR) is 184 cm³/mol. The van der Waals surface area contributed by atoms with Crippen molar-refractivity contribution in [1.82, 2.24) is 0 Å². The first-order valence-electron chi connectivity index (χ1n) is 13.7. The maximum absolute atomic E-state index is 12.2. The van der Waals surface area contributed by atoms with Crippen LogP contribution in [0.15, 0.2) is 89.7 Å². The average molecular weight is 1010 g/mol. The molecule has 307 valence electrons. The molecule has 0 aromatic heterocycles. The summed E-state index contributed by atoms with van der Waals surface area (Å²) in [5.74, 6) is -1.84. The van der Waals surface area contributed by atoms with Gasteiger partial charge in [-0.1, -0.05) is 28.3 Å². The molecule has 5 N–H and O–H groups in total. The van der Waals surface area contributed by atoms with E-state index in [0.717, 1.165) is 18.2 Å². The summed E-state index contributed by atoms with van der Waals surface area (Å²) in [4.78, 5) is -1.47. The fourth-order valence-electron chi connectivity index (χ4n) is 3.88. The van der Waals surface area contributed by atoms with Crippen LogP contribution in [0.5, 0.6) is 11.5 Å². The number of benzene rings is 4. The number of hydrogen-bond acceptors (Lipinski definition) is 20. The molecular weight excluding hydrogens is 982 g/mol. The summed E-state index contributed by atoms with van der Waals surface area (Å²) in [5.41, 5.74) is -0.168. The van der Waals surface area contributed by atoms with E-state index in [9.17, 15) is 40.0 Å². The largest absolute Gasteiger partial charge is 1.00 e. The van der Waals surface area contributed by atoms with Gasteiger partial charge in [-0.05, 0) is 36.4 Å². The van der Waals surface area contributed by atoms with Gasteiger partial charge in [0.15, 0.2) is 19.7 Å². The number of phenolic OH excluding ortho intramolecular Hbond substituents is 2. The Morgan fingerprint density at radius 1 is 0.661 bits per heavy atom. The van der Waals surface area contributed by atoms with Crippen LogP contribution in [-0.2, 0) is 67.7 Å². The summed E-state index contributed by atoms with van der Waals surface area (Å²) in [6.07, 6.45) is 0. The number of aromatic hydroxyl groups is 2. The van der Waals surface area contributed by atoms with Crippen LogP contribution in [0.2, 0.25) is 0 Å². The number of sulfone groups is 2. The molecule has 0 aliphatic heterocycles. The van der Waals surface area contributed by atoms with Crippen molar-refractivity contribution in [1.29, 1.82) is 0 Å². The zero-order valence-electron chi connectivity index (χ0n) is 31.3. The van der Waals surface area contributed by atoms with Crippen LogP contribution in [0, 0.1) is 19.9 Å². The number of rotatable bonds is 10. The van der Waals surface area contributed by atoms with Gasteiger partial charge in [-0.2, -0.15) is 27.5 Å². The topological polar surface area (TPSA) is 382 Å². The fourth-order valence-corrected chi connectivity index (χ4v) is 6.20. The molecule has 4 aromatic rings. The van der Waals surface area contributed by atoms with Crippen LogP contribution >= 0.6 is 0 Å². The number of fused-ring (bicyclic) bond motifs is 1. The number of nitrogens with one attached hydrogen (secondary N) is 1. The Bertz CT molecular complexity index is 2650. The molecule has 0 saturated carbocycles. The molecule has 0 aliphatic carbocycles. The third-order valence-corrected chi connectivity index (χ3v) is 10.1. The van der Waals surface area contributed by atoms with Gasteiger partial charge in [-0.15, -0.1) is 5.11 Å². The van der Waals surface area contributed by atoms with E-state index < -0.39 is 89.1 Å². The minimum absolute atomic E-state index is 0. The van der Waals surface area contributed by atoms with Crippen LogP contribution in [0.25, 0.3) is 10.8 Å². The molecule has 4 rings (SSSR count). The summed E-state index contributed by atoms with van der Waals surface area (Å²) >= 11 is 0. The summed E-state index contributed by atoms with van der Waals surface area (Å²) < 4.78 is 150. The van der Waals surface area contributed by atoms with Gasteiger partial charge in [0.2, 0.25) is 20.8 Å². The van der Waals surface area contributed by atoms with Gasteiger partial charge in [0, 0.05) is 47.3 Å². The number of phenols is 2. The van der Waals surface area contributed by atoms with Crippen molar-refractivity contribution in [2.24, 2.45) is 20.5 Å². The zero-order chi connectivity index (χ0) is 41.4. The molecule has 0 amide bonds. The second-order valence-corrected chi connectivity index (χ2v) is 17.1. The molecule has 0 heterocycles. The SMILES string of the molecule is O=S(=O)([O-])O.O=S(=O)([O-])O.[CH2-]CS(=O)(=O)c1ccc(N=Nc2[c-]cc3c(N=Nc4ccc(S(=O)(=O)C[CH2-])cc4S(=O)(=O)[O-])c(NC)ccc3c2O)c(O)c1.[Cu].[Na+].[Na+].[Na+].[Na+]. The van der Waals surface area contributed by atoms with E-state index in [1.807, 2.05) is 0 Å². The maximum Gasteiger partial charge on any atom is 1.00 e. The number of anilines is 1. The number of nitrogens with zero attached hydrogens (tertiary/aromatic N) is 4. The maximum atomic E-state index is 12.2. The van der Waals surface area contributed by atoms with Crippen molar-refractivity contribution in [3.05, 3.63) is 74.5 Å². The molecule has 0 atom stereocenters. The Kier molecular flexibility index (Phi) is 30.2. The Hall–Kier alpha value is -0.191. The van der Waals surface area contributed by atoms with Crippen LogP contribution in [-0.4, -0.2) is 93.6 Å². The Morgan fingerprint density at radius 2 is 1.10 bits per heavy atom. The zero-order valence-corrected chi connectivity index (χ0v) is 44.3. The van der Waals surface area contributed by atoms with Gasteiger partial charge in [0.05, 0.1) is 20.4 Å². The van der Waals surface area contributed by atoms with Gasteiger partial charge in [0.1, 0.15) is 27.2 Å². The Labute approximate surface area is 438 Å². The first-order chi connectivity index (χ1) is 24.6. The van der Waals surface area contributed by atoms with E-state index in [-0.39, 0.29) is 168 Å². The van der Waals surface area contributed by atoms with Crippen molar-refractivity contribution in [2.45, 2.75) is 14.7 Å². The van der Waals surface area contributed by atoms with Crippen molar-refractivity contribution >= 4 is 89.8 Å². The summed E-state index contributed by atoms with van der Waals surface area (Å²) in [7, 11) is -21.0. The Morgan fingerprint density at radius 3 is 1.53 bits per heavy atom. The van der Waals surface area contributed by atoms with Gasteiger partial charge in [-0.3, -0.25) is 9.11 Å². The number of azo groups is 2. The van der Waals surface area contributed by atoms with E-state index in [2.05, 4.69) is 45.7 Å². The molecular formula is C27H25CuN5Na4O17S5-2. The molecule has 0 bridgehead atoms. The monoisotopic (exact) mass is 1010 g/mol.